The van der Waals surface area contributed by atoms with Crippen molar-refractivity contribution in [3.63, 3.8) is 0 Å². The number of carbonyl (C=O) groups excluding carboxylic acids is 1. The van der Waals surface area contributed by atoms with Gasteiger partial charge in [-0.25, -0.2) is 4.79 Å². The van der Waals surface area contributed by atoms with E-state index in [9.17, 15) is 4.79 Å². The molecule has 0 spiro atoms. The molecule has 17 heavy (non-hydrogen) atoms. The number of carbonyl (C=O) groups is 1. The maximum absolute atomic E-state index is 11.1. The predicted octanol–water partition coefficient (Wildman–Crippen LogP) is 1.18. The van der Waals surface area contributed by atoms with Crippen molar-refractivity contribution in [3.05, 3.63) is 11.6 Å². The highest BCUT2D eigenvalue weighted by atomic mass is 16.5. The molecule has 98 valence electrons. The van der Waals surface area contributed by atoms with Gasteiger partial charge in [-0.05, 0) is 32.9 Å². The first-order chi connectivity index (χ1) is 8.24. The van der Waals surface area contributed by atoms with Crippen molar-refractivity contribution in [2.75, 3.05) is 39.8 Å². The molecule has 0 aromatic carbocycles. The average molecular weight is 240 g/mol. The molecule has 0 atom stereocenters. The summed E-state index contributed by atoms with van der Waals surface area (Å²) in [6, 6.07) is 0. The summed E-state index contributed by atoms with van der Waals surface area (Å²) in [6.07, 6.45) is 5.93. The Bertz CT molecular complexity index is 258. The van der Waals surface area contributed by atoms with Gasteiger partial charge < -0.3 is 15.0 Å². The fourth-order valence-electron chi connectivity index (χ4n) is 1.99. The van der Waals surface area contributed by atoms with E-state index < -0.39 is 0 Å². The second kappa shape index (κ2) is 8.25. The number of hydrogen-bond acceptors (Lipinski definition) is 4. The number of nitrogens with zero attached hydrogens (tertiary/aromatic N) is 1. The smallest absolute Gasteiger partial charge is 0.333 e. The van der Waals surface area contributed by atoms with E-state index in [0.717, 1.165) is 19.6 Å². The molecule has 0 bridgehead atoms. The fourth-order valence-corrected chi connectivity index (χ4v) is 1.99. The van der Waals surface area contributed by atoms with Crippen LogP contribution in [-0.2, 0) is 9.53 Å². The van der Waals surface area contributed by atoms with Gasteiger partial charge in [-0.15, -0.1) is 0 Å². The summed E-state index contributed by atoms with van der Waals surface area (Å²) >= 11 is 0. The van der Waals surface area contributed by atoms with Crippen LogP contribution in [-0.4, -0.2) is 50.7 Å². The molecule has 4 nitrogen and oxygen atoms in total. The maximum atomic E-state index is 11.1. The van der Waals surface area contributed by atoms with Crippen molar-refractivity contribution in [1.82, 2.24) is 10.2 Å². The number of rotatable bonds is 6. The summed E-state index contributed by atoms with van der Waals surface area (Å²) in [5.41, 5.74) is 0.665. The molecule has 1 aliphatic rings. The predicted molar refractivity (Wildman–Crippen MR) is 68.9 cm³/mol. The van der Waals surface area contributed by atoms with Gasteiger partial charge in [0.05, 0.1) is 7.11 Å². The first-order valence-corrected chi connectivity index (χ1v) is 6.42. The van der Waals surface area contributed by atoms with E-state index in [-0.39, 0.29) is 5.97 Å². The van der Waals surface area contributed by atoms with Gasteiger partial charge in [0.25, 0.3) is 0 Å². The van der Waals surface area contributed by atoms with Crippen LogP contribution in [0.5, 0.6) is 0 Å². The molecular weight excluding hydrogens is 216 g/mol. The molecule has 1 rings (SSSR count). The highest BCUT2D eigenvalue weighted by Crippen LogP contribution is 2.07. The highest BCUT2D eigenvalue weighted by Gasteiger charge is 2.08. The van der Waals surface area contributed by atoms with Crippen molar-refractivity contribution in [3.8, 4) is 0 Å². The number of methoxy groups -OCH3 is 1. The van der Waals surface area contributed by atoms with Crippen molar-refractivity contribution in [2.24, 2.45) is 0 Å². The second-order valence-corrected chi connectivity index (χ2v) is 4.49. The Hall–Kier alpha value is -0.870. The molecule has 0 amide bonds. The zero-order valence-electron chi connectivity index (χ0n) is 11.0. The molecule has 1 aliphatic heterocycles. The van der Waals surface area contributed by atoms with E-state index in [1.807, 2.05) is 6.08 Å². The van der Waals surface area contributed by atoms with E-state index in [0.29, 0.717) is 5.57 Å². The van der Waals surface area contributed by atoms with Crippen LogP contribution in [0, 0.1) is 0 Å². The molecule has 0 saturated carbocycles. The summed E-state index contributed by atoms with van der Waals surface area (Å²) in [5, 5.41) is 3.32. The summed E-state index contributed by atoms with van der Waals surface area (Å²) in [5.74, 6) is -0.247. The molecule has 1 N–H and O–H groups in total. The number of piperidine rings is 1. The number of ether oxygens (including phenoxy) is 1. The Kier molecular flexibility index (Phi) is 6.89. The number of likely N-dealkylation sites (tertiary alicyclic amines) is 1. The Morgan fingerprint density at radius 1 is 1.35 bits per heavy atom. The second-order valence-electron chi connectivity index (χ2n) is 4.49. The van der Waals surface area contributed by atoms with Gasteiger partial charge >= 0.3 is 5.97 Å². The number of esters is 1. The third kappa shape index (κ3) is 5.84. The lowest BCUT2D eigenvalue weighted by molar-refractivity contribution is -0.136. The largest absolute Gasteiger partial charge is 0.466 e. The van der Waals surface area contributed by atoms with Gasteiger partial charge in [-0.3, -0.25) is 0 Å². The lowest BCUT2D eigenvalue weighted by Crippen LogP contribution is -2.35. The van der Waals surface area contributed by atoms with E-state index in [1.54, 1.807) is 6.92 Å². The van der Waals surface area contributed by atoms with Gasteiger partial charge in [0.1, 0.15) is 0 Å². The molecule has 0 aliphatic carbocycles. The molecule has 4 heteroatoms. The Balaban J connectivity index is 2.05. The van der Waals surface area contributed by atoms with Crippen molar-refractivity contribution in [1.29, 1.82) is 0 Å². The Morgan fingerprint density at radius 2 is 2.06 bits per heavy atom. The van der Waals surface area contributed by atoms with Crippen molar-refractivity contribution >= 4 is 5.97 Å². The summed E-state index contributed by atoms with van der Waals surface area (Å²) in [4.78, 5) is 13.6. The summed E-state index contributed by atoms with van der Waals surface area (Å²) < 4.78 is 4.62. The molecule has 0 aromatic heterocycles. The lowest BCUT2D eigenvalue weighted by Gasteiger charge is -2.26. The van der Waals surface area contributed by atoms with E-state index in [4.69, 9.17) is 0 Å². The first-order valence-electron chi connectivity index (χ1n) is 6.42. The zero-order valence-corrected chi connectivity index (χ0v) is 11.0. The van der Waals surface area contributed by atoms with Gasteiger partial charge in [0.15, 0.2) is 0 Å². The fraction of sp³-hybridized carbons (Fsp3) is 0.769. The van der Waals surface area contributed by atoms with E-state index in [1.165, 1.54) is 39.5 Å². The maximum Gasteiger partial charge on any atom is 0.333 e. The topological polar surface area (TPSA) is 41.6 Å². The summed E-state index contributed by atoms with van der Waals surface area (Å²) in [7, 11) is 1.41. The molecular formula is C13H24N2O2. The van der Waals surface area contributed by atoms with Crippen LogP contribution < -0.4 is 5.32 Å². The molecule has 0 unspecified atom stereocenters. The number of hydrogen-bond donors (Lipinski definition) is 1. The minimum atomic E-state index is -0.247. The minimum Gasteiger partial charge on any atom is -0.466 e. The van der Waals surface area contributed by atoms with Gasteiger partial charge in [-0.1, -0.05) is 12.5 Å². The molecule has 1 heterocycles. The lowest BCUT2D eigenvalue weighted by atomic mass is 10.1. The van der Waals surface area contributed by atoms with Crippen LogP contribution in [0.1, 0.15) is 26.2 Å². The number of nitrogens with one attached hydrogen (secondary N) is 1. The SMILES string of the molecule is COC(=O)C(C)=CCNCCN1CCCCC1. The first kappa shape index (κ1) is 14.2. The van der Waals surface area contributed by atoms with Crippen LogP contribution in [0.15, 0.2) is 11.6 Å². The van der Waals surface area contributed by atoms with E-state index >= 15 is 0 Å². The van der Waals surface area contributed by atoms with Crippen molar-refractivity contribution in [2.45, 2.75) is 26.2 Å². The zero-order chi connectivity index (χ0) is 12.5. The third-order valence-electron chi connectivity index (χ3n) is 3.11. The minimum absolute atomic E-state index is 0.247. The van der Waals surface area contributed by atoms with Gasteiger partial charge in [0.2, 0.25) is 0 Å². The normalized spacial score (nSPS) is 18.1. The molecule has 1 saturated heterocycles. The van der Waals surface area contributed by atoms with Gasteiger partial charge in [-0.2, -0.15) is 0 Å². The molecule has 1 fully saturated rings. The van der Waals surface area contributed by atoms with Crippen LogP contribution in [0.4, 0.5) is 0 Å². The monoisotopic (exact) mass is 240 g/mol. The van der Waals surface area contributed by atoms with Gasteiger partial charge in [0, 0.05) is 25.2 Å². The quantitative estimate of drug-likeness (QED) is 0.430. The molecule has 0 radical (unpaired) electrons. The molecule has 0 aromatic rings. The third-order valence-corrected chi connectivity index (χ3v) is 3.11. The standard InChI is InChI=1S/C13H24N2O2/c1-12(13(16)17-2)6-7-14-8-11-15-9-4-3-5-10-15/h6,14H,3-5,7-11H2,1-2H3. The van der Waals surface area contributed by atoms with Crippen LogP contribution in [0.25, 0.3) is 0 Å². The van der Waals surface area contributed by atoms with Crippen LogP contribution in [0.2, 0.25) is 0 Å². The van der Waals surface area contributed by atoms with Crippen molar-refractivity contribution < 1.29 is 9.53 Å². The average Bonchev–Trinajstić information content (AvgIpc) is 2.38. The van der Waals surface area contributed by atoms with Crippen LogP contribution in [0.3, 0.4) is 0 Å². The summed E-state index contributed by atoms with van der Waals surface area (Å²) in [6.45, 7) is 7.06. The van der Waals surface area contributed by atoms with E-state index in [2.05, 4.69) is 15.0 Å². The van der Waals surface area contributed by atoms with Crippen LogP contribution >= 0.6 is 0 Å². The highest BCUT2D eigenvalue weighted by molar-refractivity contribution is 5.87. The Morgan fingerprint density at radius 3 is 2.71 bits per heavy atom. The Labute approximate surface area is 104 Å².